The summed E-state index contributed by atoms with van der Waals surface area (Å²) in [5.74, 6) is -1.13. The van der Waals surface area contributed by atoms with Crippen LogP contribution >= 0.6 is 0 Å². The third-order valence-electron chi connectivity index (χ3n) is 3.09. The average Bonchev–Trinajstić information content (AvgIpc) is 2.56. The van der Waals surface area contributed by atoms with Gasteiger partial charge in [0.2, 0.25) is 16.0 Å². The Bertz CT molecular complexity index is 856. The summed E-state index contributed by atoms with van der Waals surface area (Å²) in [4.78, 5) is 15.4. The van der Waals surface area contributed by atoms with Crippen molar-refractivity contribution >= 4 is 27.3 Å². The Hall–Kier alpha value is -2.68. The Morgan fingerprint density at radius 1 is 1.29 bits per heavy atom. The van der Waals surface area contributed by atoms with Crippen molar-refractivity contribution in [3.8, 4) is 5.75 Å². The fourth-order valence-corrected chi connectivity index (χ4v) is 2.49. The van der Waals surface area contributed by atoms with E-state index in [1.807, 2.05) is 0 Å². The summed E-state index contributed by atoms with van der Waals surface area (Å²) in [5.41, 5.74) is 0.734. The van der Waals surface area contributed by atoms with Gasteiger partial charge >= 0.3 is 0 Å². The van der Waals surface area contributed by atoms with Crippen LogP contribution in [0, 0.1) is 5.95 Å². The van der Waals surface area contributed by atoms with Crippen LogP contribution in [-0.2, 0) is 10.0 Å². The summed E-state index contributed by atoms with van der Waals surface area (Å²) in [6.45, 7) is 1.51. The minimum Gasteiger partial charge on any atom is -0.494 e. The maximum absolute atomic E-state index is 13.1. The van der Waals surface area contributed by atoms with Crippen LogP contribution < -0.4 is 14.8 Å². The molecule has 128 valence electrons. The van der Waals surface area contributed by atoms with Crippen LogP contribution in [-0.4, -0.2) is 32.2 Å². The lowest BCUT2D eigenvalue weighted by Gasteiger charge is -2.13. The number of carbonyl (C=O) groups is 1. The molecule has 2 N–H and O–H groups in total. The lowest BCUT2D eigenvalue weighted by Crippen LogP contribution is -2.16. The standard InChI is InChI=1S/C15H16FN3O4S/c1-3-24(21,22)19-12-5-4-11(9-13(12)23-2)18-15(20)10-6-7-17-14(16)8-10/h4-9,19H,3H2,1-2H3,(H,18,20). The zero-order valence-corrected chi connectivity index (χ0v) is 13.9. The van der Waals surface area contributed by atoms with Gasteiger partial charge in [0.15, 0.2) is 0 Å². The van der Waals surface area contributed by atoms with Crippen molar-refractivity contribution in [2.75, 3.05) is 22.9 Å². The van der Waals surface area contributed by atoms with E-state index in [0.717, 1.165) is 6.07 Å². The van der Waals surface area contributed by atoms with Crippen LogP contribution in [0.1, 0.15) is 17.3 Å². The van der Waals surface area contributed by atoms with Gasteiger partial charge in [-0.1, -0.05) is 0 Å². The van der Waals surface area contributed by atoms with E-state index in [9.17, 15) is 17.6 Å². The van der Waals surface area contributed by atoms with E-state index in [-0.39, 0.29) is 22.8 Å². The molecule has 2 rings (SSSR count). The lowest BCUT2D eigenvalue weighted by molar-refractivity contribution is 0.102. The second kappa shape index (κ2) is 7.26. The number of hydrogen-bond donors (Lipinski definition) is 2. The number of nitrogens with one attached hydrogen (secondary N) is 2. The number of halogens is 1. The van der Waals surface area contributed by atoms with Crippen LogP contribution in [0.5, 0.6) is 5.75 Å². The maximum atomic E-state index is 13.1. The fourth-order valence-electron chi connectivity index (χ4n) is 1.84. The molecule has 1 amide bonds. The number of aromatic nitrogens is 1. The average molecular weight is 353 g/mol. The largest absolute Gasteiger partial charge is 0.494 e. The molecule has 0 fully saturated rings. The molecule has 2 aromatic rings. The van der Waals surface area contributed by atoms with Gasteiger partial charge in [-0.15, -0.1) is 0 Å². The predicted octanol–water partition coefficient (Wildman–Crippen LogP) is 2.24. The number of pyridine rings is 1. The van der Waals surface area contributed by atoms with Gasteiger partial charge in [-0.25, -0.2) is 13.4 Å². The molecule has 0 radical (unpaired) electrons. The SMILES string of the molecule is CCS(=O)(=O)Nc1ccc(NC(=O)c2ccnc(F)c2)cc1OC. The van der Waals surface area contributed by atoms with Crippen molar-refractivity contribution < 1.29 is 22.3 Å². The number of methoxy groups -OCH3 is 1. The molecule has 0 bridgehead atoms. The highest BCUT2D eigenvalue weighted by atomic mass is 32.2. The molecule has 9 heteroatoms. The van der Waals surface area contributed by atoms with E-state index in [4.69, 9.17) is 4.74 Å². The van der Waals surface area contributed by atoms with Crippen molar-refractivity contribution in [1.29, 1.82) is 0 Å². The molecular weight excluding hydrogens is 337 g/mol. The molecule has 0 saturated carbocycles. The first-order chi connectivity index (χ1) is 11.3. The molecule has 0 aliphatic carbocycles. The number of anilines is 2. The third-order valence-corrected chi connectivity index (χ3v) is 4.38. The Labute approximate surface area is 138 Å². The first-order valence-corrected chi connectivity index (χ1v) is 8.61. The molecule has 24 heavy (non-hydrogen) atoms. The highest BCUT2D eigenvalue weighted by molar-refractivity contribution is 7.92. The molecule has 0 atom stereocenters. The van der Waals surface area contributed by atoms with Crippen LogP contribution in [0.15, 0.2) is 36.5 Å². The predicted molar refractivity (Wildman–Crippen MR) is 88.2 cm³/mol. The summed E-state index contributed by atoms with van der Waals surface area (Å²) in [6.07, 6.45) is 1.19. The molecule has 1 aromatic heterocycles. The van der Waals surface area contributed by atoms with Gasteiger partial charge in [0.05, 0.1) is 18.6 Å². The molecular formula is C15H16FN3O4S. The lowest BCUT2D eigenvalue weighted by atomic mass is 10.2. The van der Waals surface area contributed by atoms with Crippen LogP contribution in [0.25, 0.3) is 0 Å². The molecule has 0 saturated heterocycles. The number of nitrogens with zero attached hydrogens (tertiary/aromatic N) is 1. The Kier molecular flexibility index (Phi) is 5.35. The minimum atomic E-state index is -3.45. The first-order valence-electron chi connectivity index (χ1n) is 6.96. The molecule has 0 aliphatic heterocycles. The Morgan fingerprint density at radius 2 is 2.04 bits per heavy atom. The summed E-state index contributed by atoms with van der Waals surface area (Å²) in [6, 6.07) is 6.82. The highest BCUT2D eigenvalue weighted by Gasteiger charge is 2.13. The van der Waals surface area contributed by atoms with Crippen LogP contribution in [0.4, 0.5) is 15.8 Å². The Balaban J connectivity index is 2.22. The molecule has 1 heterocycles. The third kappa shape index (κ3) is 4.42. The van der Waals surface area contributed by atoms with Crippen molar-refractivity contribution in [3.05, 3.63) is 48.0 Å². The molecule has 7 nitrogen and oxygen atoms in total. The van der Waals surface area contributed by atoms with Gasteiger partial charge in [0, 0.05) is 29.6 Å². The number of carbonyl (C=O) groups excluding carboxylic acids is 1. The second-order valence-corrected chi connectivity index (χ2v) is 6.75. The van der Waals surface area contributed by atoms with Crippen molar-refractivity contribution in [2.45, 2.75) is 6.92 Å². The van der Waals surface area contributed by atoms with Gasteiger partial charge in [-0.2, -0.15) is 4.39 Å². The topological polar surface area (TPSA) is 97.4 Å². The zero-order valence-electron chi connectivity index (χ0n) is 13.0. The minimum absolute atomic E-state index is 0.0811. The van der Waals surface area contributed by atoms with Crippen LogP contribution in [0.2, 0.25) is 0 Å². The van der Waals surface area contributed by atoms with Gasteiger partial charge in [0.25, 0.3) is 5.91 Å². The summed E-state index contributed by atoms with van der Waals surface area (Å²) < 4.78 is 43.8. The van der Waals surface area contributed by atoms with E-state index in [0.29, 0.717) is 5.69 Å². The number of benzene rings is 1. The highest BCUT2D eigenvalue weighted by Crippen LogP contribution is 2.29. The summed E-state index contributed by atoms with van der Waals surface area (Å²) >= 11 is 0. The van der Waals surface area contributed by atoms with Crippen LogP contribution in [0.3, 0.4) is 0 Å². The normalized spacial score (nSPS) is 11.0. The molecule has 0 spiro atoms. The first kappa shape index (κ1) is 17.7. The smallest absolute Gasteiger partial charge is 0.255 e. The fraction of sp³-hybridized carbons (Fsp3) is 0.200. The van der Waals surface area contributed by atoms with E-state index < -0.39 is 21.9 Å². The van der Waals surface area contributed by atoms with Gasteiger partial charge in [-0.3, -0.25) is 9.52 Å². The molecule has 0 aliphatic rings. The quantitative estimate of drug-likeness (QED) is 0.776. The van der Waals surface area contributed by atoms with E-state index in [1.165, 1.54) is 44.5 Å². The Morgan fingerprint density at radius 3 is 2.67 bits per heavy atom. The number of rotatable bonds is 6. The maximum Gasteiger partial charge on any atom is 0.255 e. The van der Waals surface area contributed by atoms with Gasteiger partial charge in [0.1, 0.15) is 5.75 Å². The number of hydrogen-bond acceptors (Lipinski definition) is 5. The monoisotopic (exact) mass is 353 g/mol. The number of ether oxygens (including phenoxy) is 1. The zero-order chi connectivity index (χ0) is 17.7. The number of amides is 1. The molecule has 1 aromatic carbocycles. The molecule has 0 unspecified atom stereocenters. The van der Waals surface area contributed by atoms with E-state index >= 15 is 0 Å². The second-order valence-electron chi connectivity index (χ2n) is 4.74. The van der Waals surface area contributed by atoms with Gasteiger partial charge < -0.3 is 10.1 Å². The van der Waals surface area contributed by atoms with Crippen molar-refractivity contribution in [2.24, 2.45) is 0 Å². The van der Waals surface area contributed by atoms with Gasteiger partial charge in [-0.05, 0) is 25.1 Å². The van der Waals surface area contributed by atoms with E-state index in [2.05, 4.69) is 15.0 Å². The van der Waals surface area contributed by atoms with Crippen molar-refractivity contribution in [3.63, 3.8) is 0 Å². The van der Waals surface area contributed by atoms with E-state index in [1.54, 1.807) is 0 Å². The number of sulfonamides is 1. The summed E-state index contributed by atoms with van der Waals surface area (Å²) in [5, 5.41) is 2.57. The summed E-state index contributed by atoms with van der Waals surface area (Å²) in [7, 11) is -2.08. The van der Waals surface area contributed by atoms with Crippen molar-refractivity contribution in [1.82, 2.24) is 4.98 Å².